The summed E-state index contributed by atoms with van der Waals surface area (Å²) in [7, 11) is 0. The van der Waals surface area contributed by atoms with E-state index in [9.17, 15) is 14.4 Å². The van der Waals surface area contributed by atoms with Gasteiger partial charge in [-0.05, 0) is 35.7 Å². The molecule has 0 heterocycles. The number of esters is 1. The summed E-state index contributed by atoms with van der Waals surface area (Å²) in [6, 6.07) is 20.0. The maximum absolute atomic E-state index is 13.1. The summed E-state index contributed by atoms with van der Waals surface area (Å²) in [5.74, 6) is -1.33. The fraction of sp³-hybridized carbons (Fsp3) is 0.208. The minimum absolute atomic E-state index is 0.137. The highest BCUT2D eigenvalue weighted by molar-refractivity contribution is 6.06. The third-order valence-corrected chi connectivity index (χ3v) is 4.91. The molecule has 0 aliphatic heterocycles. The first-order chi connectivity index (χ1) is 14.5. The lowest BCUT2D eigenvalue weighted by molar-refractivity contribution is -0.130. The molecule has 0 unspecified atom stereocenters. The molecular formula is C24H22N2O4. The first-order valence-electron chi connectivity index (χ1n) is 9.88. The Morgan fingerprint density at radius 2 is 1.57 bits per heavy atom. The second-order valence-electron chi connectivity index (χ2n) is 7.41. The minimum atomic E-state index is -1.07. The quantitative estimate of drug-likeness (QED) is 0.611. The highest BCUT2D eigenvalue weighted by Crippen LogP contribution is 2.28. The molecule has 6 nitrogen and oxygen atoms in total. The third-order valence-electron chi connectivity index (χ3n) is 4.91. The van der Waals surface area contributed by atoms with E-state index in [1.54, 1.807) is 36.4 Å². The molecule has 1 fully saturated rings. The van der Waals surface area contributed by atoms with Gasteiger partial charge in [0.1, 0.15) is 0 Å². The average molecular weight is 402 g/mol. The van der Waals surface area contributed by atoms with E-state index in [4.69, 9.17) is 4.74 Å². The number of fused-ring (bicyclic) bond motifs is 1. The predicted molar refractivity (Wildman–Crippen MR) is 114 cm³/mol. The third kappa shape index (κ3) is 4.49. The second-order valence-corrected chi connectivity index (χ2v) is 7.41. The van der Waals surface area contributed by atoms with Gasteiger partial charge in [0, 0.05) is 18.5 Å². The fourth-order valence-electron chi connectivity index (χ4n) is 3.28. The molecule has 3 aromatic rings. The Kier molecular flexibility index (Phi) is 5.48. The van der Waals surface area contributed by atoms with Crippen LogP contribution in [0.25, 0.3) is 10.8 Å². The van der Waals surface area contributed by atoms with E-state index in [1.807, 2.05) is 30.3 Å². The molecule has 0 spiro atoms. The van der Waals surface area contributed by atoms with Crippen molar-refractivity contribution >= 4 is 34.2 Å². The predicted octanol–water partition coefficient (Wildman–Crippen LogP) is 3.97. The zero-order valence-electron chi connectivity index (χ0n) is 16.6. The standard InChI is InChI=1S/C24H22N2O4/c1-15(27)25-21-14-18-10-6-5-9-17(18)13-20(21)24(29)30-22(16-7-3-2-4-8-16)23(28)26-19-11-12-19/h2-10,13-14,19,22H,11-12H2,1H3,(H,25,27)(H,26,28)/t22-/m1/s1. The van der Waals surface area contributed by atoms with Gasteiger partial charge in [-0.15, -0.1) is 0 Å². The molecule has 1 aliphatic rings. The number of amides is 2. The van der Waals surface area contributed by atoms with E-state index in [-0.39, 0.29) is 23.4 Å². The molecule has 1 aliphatic carbocycles. The lowest BCUT2D eigenvalue weighted by Crippen LogP contribution is -2.33. The Hall–Kier alpha value is -3.67. The SMILES string of the molecule is CC(=O)Nc1cc2ccccc2cc1C(=O)O[C@@H](C(=O)NC1CC1)c1ccccc1. The Morgan fingerprint density at radius 3 is 2.20 bits per heavy atom. The number of benzene rings is 3. The average Bonchev–Trinajstić information content (AvgIpc) is 3.55. The highest BCUT2D eigenvalue weighted by atomic mass is 16.5. The van der Waals surface area contributed by atoms with Gasteiger partial charge in [-0.3, -0.25) is 9.59 Å². The van der Waals surface area contributed by atoms with Crippen molar-refractivity contribution in [2.45, 2.75) is 31.9 Å². The smallest absolute Gasteiger partial charge is 0.341 e. The summed E-state index contributed by atoms with van der Waals surface area (Å²) in [5, 5.41) is 7.30. The van der Waals surface area contributed by atoms with Gasteiger partial charge in [-0.25, -0.2) is 4.79 Å². The number of nitrogens with one attached hydrogen (secondary N) is 2. The van der Waals surface area contributed by atoms with Gasteiger partial charge in [0.2, 0.25) is 12.0 Å². The molecule has 1 atom stereocenters. The number of carbonyl (C=O) groups is 3. The van der Waals surface area contributed by atoms with Crippen LogP contribution in [0.4, 0.5) is 5.69 Å². The molecule has 0 saturated heterocycles. The van der Waals surface area contributed by atoms with Crippen LogP contribution in [-0.2, 0) is 14.3 Å². The number of rotatable bonds is 6. The molecule has 0 bridgehead atoms. The molecule has 3 aromatic carbocycles. The number of carbonyl (C=O) groups excluding carboxylic acids is 3. The summed E-state index contributed by atoms with van der Waals surface area (Å²) >= 11 is 0. The van der Waals surface area contributed by atoms with E-state index in [2.05, 4.69) is 10.6 Å². The Morgan fingerprint density at radius 1 is 0.933 bits per heavy atom. The Bertz CT molecular complexity index is 1110. The maximum atomic E-state index is 13.1. The van der Waals surface area contributed by atoms with E-state index in [1.165, 1.54) is 6.92 Å². The van der Waals surface area contributed by atoms with Crippen molar-refractivity contribution in [2.24, 2.45) is 0 Å². The van der Waals surface area contributed by atoms with E-state index in [0.29, 0.717) is 11.3 Å². The highest BCUT2D eigenvalue weighted by Gasteiger charge is 2.31. The molecule has 0 radical (unpaired) electrons. The van der Waals surface area contributed by atoms with Crippen LogP contribution in [0.5, 0.6) is 0 Å². The van der Waals surface area contributed by atoms with Crippen molar-refractivity contribution in [1.82, 2.24) is 5.32 Å². The molecule has 1 saturated carbocycles. The lowest BCUT2D eigenvalue weighted by atomic mass is 10.0. The lowest BCUT2D eigenvalue weighted by Gasteiger charge is -2.19. The van der Waals surface area contributed by atoms with Gasteiger partial charge >= 0.3 is 5.97 Å². The number of hydrogen-bond acceptors (Lipinski definition) is 4. The summed E-state index contributed by atoms with van der Waals surface area (Å²) in [4.78, 5) is 37.6. The topological polar surface area (TPSA) is 84.5 Å². The van der Waals surface area contributed by atoms with Crippen LogP contribution in [-0.4, -0.2) is 23.8 Å². The normalized spacial score (nSPS) is 14.0. The van der Waals surface area contributed by atoms with Crippen LogP contribution >= 0.6 is 0 Å². The van der Waals surface area contributed by atoms with Crippen molar-refractivity contribution in [3.63, 3.8) is 0 Å². The van der Waals surface area contributed by atoms with Gasteiger partial charge in [-0.1, -0.05) is 54.6 Å². The van der Waals surface area contributed by atoms with E-state index in [0.717, 1.165) is 23.6 Å². The van der Waals surface area contributed by atoms with Crippen LogP contribution in [0.2, 0.25) is 0 Å². The summed E-state index contributed by atoms with van der Waals surface area (Å²) in [6.07, 6.45) is 0.785. The molecule has 2 amide bonds. The molecule has 4 rings (SSSR count). The van der Waals surface area contributed by atoms with Crippen molar-refractivity contribution in [3.05, 3.63) is 77.9 Å². The van der Waals surface area contributed by atoms with E-state index < -0.39 is 12.1 Å². The zero-order chi connectivity index (χ0) is 21.1. The first kappa shape index (κ1) is 19.6. The molecular weight excluding hydrogens is 380 g/mol. The van der Waals surface area contributed by atoms with Gasteiger partial charge in [0.05, 0.1) is 11.3 Å². The zero-order valence-corrected chi connectivity index (χ0v) is 16.6. The second kappa shape index (κ2) is 8.37. The minimum Gasteiger partial charge on any atom is -0.444 e. The van der Waals surface area contributed by atoms with Crippen molar-refractivity contribution in [2.75, 3.05) is 5.32 Å². The molecule has 0 aromatic heterocycles. The van der Waals surface area contributed by atoms with Crippen LogP contribution < -0.4 is 10.6 Å². The van der Waals surface area contributed by atoms with Gasteiger partial charge in [0.25, 0.3) is 5.91 Å². The molecule has 152 valence electrons. The summed E-state index contributed by atoms with van der Waals surface area (Å²) < 4.78 is 5.68. The summed E-state index contributed by atoms with van der Waals surface area (Å²) in [5.41, 5.74) is 1.13. The van der Waals surface area contributed by atoms with Crippen LogP contribution in [0.15, 0.2) is 66.7 Å². The van der Waals surface area contributed by atoms with Gasteiger partial charge in [-0.2, -0.15) is 0 Å². The van der Waals surface area contributed by atoms with Gasteiger partial charge in [0.15, 0.2) is 0 Å². The van der Waals surface area contributed by atoms with E-state index >= 15 is 0 Å². The monoisotopic (exact) mass is 402 g/mol. The fourth-order valence-corrected chi connectivity index (χ4v) is 3.28. The summed E-state index contributed by atoms with van der Waals surface area (Å²) in [6.45, 7) is 1.38. The molecule has 2 N–H and O–H groups in total. The number of anilines is 1. The van der Waals surface area contributed by atoms with Crippen LogP contribution in [0.3, 0.4) is 0 Å². The van der Waals surface area contributed by atoms with Crippen LogP contribution in [0.1, 0.15) is 41.8 Å². The number of hydrogen-bond donors (Lipinski definition) is 2. The Balaban J connectivity index is 1.68. The van der Waals surface area contributed by atoms with Crippen LogP contribution in [0, 0.1) is 0 Å². The largest absolute Gasteiger partial charge is 0.444 e. The Labute approximate surface area is 174 Å². The van der Waals surface area contributed by atoms with Crippen molar-refractivity contribution < 1.29 is 19.1 Å². The molecule has 6 heteroatoms. The molecule has 30 heavy (non-hydrogen) atoms. The maximum Gasteiger partial charge on any atom is 0.341 e. The number of ether oxygens (including phenoxy) is 1. The van der Waals surface area contributed by atoms with Crippen molar-refractivity contribution in [1.29, 1.82) is 0 Å². The first-order valence-corrected chi connectivity index (χ1v) is 9.88. The van der Waals surface area contributed by atoms with Gasteiger partial charge < -0.3 is 15.4 Å². The van der Waals surface area contributed by atoms with Crippen molar-refractivity contribution in [3.8, 4) is 0 Å².